The number of likely N-dealkylation sites (tertiary alicyclic amines) is 1. The van der Waals surface area contributed by atoms with Crippen LogP contribution in [0.25, 0.3) is 0 Å². The van der Waals surface area contributed by atoms with Gasteiger partial charge in [-0.25, -0.2) is 0 Å². The summed E-state index contributed by atoms with van der Waals surface area (Å²) in [6.07, 6.45) is 1.08. The van der Waals surface area contributed by atoms with Gasteiger partial charge in [0.15, 0.2) is 0 Å². The van der Waals surface area contributed by atoms with Crippen molar-refractivity contribution in [2.24, 2.45) is 11.8 Å². The predicted octanol–water partition coefficient (Wildman–Crippen LogP) is 1.34. The van der Waals surface area contributed by atoms with Gasteiger partial charge in [-0.3, -0.25) is 14.4 Å². The van der Waals surface area contributed by atoms with Crippen molar-refractivity contribution in [2.75, 3.05) is 25.6 Å². The molecule has 2 N–H and O–H groups in total. The van der Waals surface area contributed by atoms with E-state index in [1.54, 1.807) is 38.3 Å². The van der Waals surface area contributed by atoms with Crippen molar-refractivity contribution in [1.82, 2.24) is 4.90 Å². The Balaban J connectivity index is 1.70. The van der Waals surface area contributed by atoms with Gasteiger partial charge < -0.3 is 29.5 Å². The molecule has 1 aromatic carbocycles. The lowest BCUT2D eigenvalue weighted by molar-refractivity contribution is -0.155. The fraction of sp³-hybridized carbons (Fsp3) is 0.609. The van der Waals surface area contributed by atoms with E-state index in [0.717, 1.165) is 0 Å². The first kappa shape index (κ1) is 22.5. The average Bonchev–Trinajstić information content (AvgIpc) is 3.43. The smallest absolute Gasteiger partial charge is 0.312 e. The maximum atomic E-state index is 13.6. The van der Waals surface area contributed by atoms with Gasteiger partial charge in [-0.1, -0.05) is 6.92 Å². The summed E-state index contributed by atoms with van der Waals surface area (Å²) < 4.78 is 16.7. The van der Waals surface area contributed by atoms with Gasteiger partial charge in [-0.2, -0.15) is 0 Å². The molecule has 2 unspecified atom stereocenters. The Morgan fingerprint density at radius 3 is 2.62 bits per heavy atom. The molecule has 2 bridgehead atoms. The number of rotatable bonds is 8. The van der Waals surface area contributed by atoms with Crippen LogP contribution in [0.15, 0.2) is 24.3 Å². The zero-order valence-corrected chi connectivity index (χ0v) is 18.6. The number of hydrogen-bond acceptors (Lipinski definition) is 7. The summed E-state index contributed by atoms with van der Waals surface area (Å²) in [5.74, 6) is -2.09. The number of ether oxygens (including phenoxy) is 3. The predicted molar refractivity (Wildman–Crippen MR) is 114 cm³/mol. The van der Waals surface area contributed by atoms with Crippen molar-refractivity contribution in [2.45, 2.75) is 56.9 Å². The molecule has 4 rings (SSSR count). The number of methoxy groups -OCH3 is 1. The minimum Gasteiger partial charge on any atom is -0.497 e. The summed E-state index contributed by atoms with van der Waals surface area (Å²) in [4.78, 5) is 41.4. The second kappa shape index (κ2) is 8.71. The first-order valence-corrected chi connectivity index (χ1v) is 11.1. The molecule has 3 fully saturated rings. The van der Waals surface area contributed by atoms with Gasteiger partial charge >= 0.3 is 5.97 Å². The third-order valence-corrected chi connectivity index (χ3v) is 6.98. The van der Waals surface area contributed by atoms with E-state index in [4.69, 9.17) is 14.2 Å². The zero-order valence-electron chi connectivity index (χ0n) is 18.6. The largest absolute Gasteiger partial charge is 0.497 e. The average molecular weight is 447 g/mol. The third-order valence-electron chi connectivity index (χ3n) is 6.98. The van der Waals surface area contributed by atoms with Gasteiger partial charge in [0.2, 0.25) is 11.8 Å². The van der Waals surface area contributed by atoms with Crippen LogP contribution in [-0.4, -0.2) is 71.9 Å². The number of aliphatic hydroxyl groups excluding tert-OH is 1. The van der Waals surface area contributed by atoms with Crippen LogP contribution < -0.4 is 10.1 Å². The summed E-state index contributed by atoms with van der Waals surface area (Å²) in [7, 11) is 1.56. The highest BCUT2D eigenvalue weighted by atomic mass is 16.6. The monoisotopic (exact) mass is 446 g/mol. The second-order valence-corrected chi connectivity index (χ2v) is 8.52. The van der Waals surface area contributed by atoms with Crippen molar-refractivity contribution in [3.05, 3.63) is 24.3 Å². The molecule has 3 heterocycles. The van der Waals surface area contributed by atoms with Crippen molar-refractivity contribution < 1.29 is 33.7 Å². The minimum atomic E-state index is -1.11. The van der Waals surface area contributed by atoms with Crippen molar-refractivity contribution in [3.63, 3.8) is 0 Å². The Morgan fingerprint density at radius 2 is 2.03 bits per heavy atom. The minimum absolute atomic E-state index is 0.204. The number of nitrogens with zero attached hydrogens (tertiary/aromatic N) is 1. The lowest BCUT2D eigenvalue weighted by Gasteiger charge is -2.36. The number of benzene rings is 1. The fourth-order valence-electron chi connectivity index (χ4n) is 5.59. The van der Waals surface area contributed by atoms with E-state index in [0.29, 0.717) is 30.7 Å². The number of carbonyl (C=O) groups is 3. The van der Waals surface area contributed by atoms with Crippen LogP contribution in [0.4, 0.5) is 5.69 Å². The molecule has 6 atom stereocenters. The van der Waals surface area contributed by atoms with Crippen molar-refractivity contribution in [3.8, 4) is 5.75 Å². The maximum absolute atomic E-state index is 13.6. The van der Waals surface area contributed by atoms with Crippen LogP contribution in [0.5, 0.6) is 5.75 Å². The standard InChI is InChI=1S/C23H30N2O7/c1-4-14(12-26)25-19(20(27)24-13-6-8-15(30-3)9-7-13)23-11-10-16(32-23)17(18(23)21(25)28)22(29)31-5-2/h6-9,14,16-19,26H,4-5,10-12H2,1-3H3,(H,24,27)/t14-,16-,17+,18-,19?,23?/m0/s1. The number of aliphatic hydroxyl groups is 1. The highest BCUT2D eigenvalue weighted by Gasteiger charge is 2.75. The van der Waals surface area contributed by atoms with Gasteiger partial charge in [-0.05, 0) is 50.5 Å². The van der Waals surface area contributed by atoms with Crippen LogP contribution in [-0.2, 0) is 23.9 Å². The normalized spacial score (nSPS) is 31.4. The highest BCUT2D eigenvalue weighted by Crippen LogP contribution is 2.59. The summed E-state index contributed by atoms with van der Waals surface area (Å²) in [6.45, 7) is 3.48. The highest BCUT2D eigenvalue weighted by molar-refractivity contribution is 6.03. The Labute approximate surface area is 187 Å². The number of hydrogen-bond donors (Lipinski definition) is 2. The molecule has 32 heavy (non-hydrogen) atoms. The molecule has 0 aliphatic carbocycles. The van der Waals surface area contributed by atoms with E-state index in [1.165, 1.54) is 4.90 Å². The number of nitrogens with one attached hydrogen (secondary N) is 1. The Morgan fingerprint density at radius 1 is 1.31 bits per heavy atom. The Bertz CT molecular complexity index is 885. The second-order valence-electron chi connectivity index (χ2n) is 8.52. The zero-order chi connectivity index (χ0) is 23.0. The lowest BCUT2D eigenvalue weighted by Crippen LogP contribution is -2.56. The summed E-state index contributed by atoms with van der Waals surface area (Å²) >= 11 is 0. The van der Waals surface area contributed by atoms with E-state index >= 15 is 0 Å². The molecule has 3 aliphatic rings. The molecular weight excluding hydrogens is 416 g/mol. The molecule has 2 amide bonds. The summed E-state index contributed by atoms with van der Waals surface area (Å²) in [5.41, 5.74) is -0.562. The van der Waals surface area contributed by atoms with Gasteiger partial charge in [0.1, 0.15) is 17.4 Å². The number of esters is 1. The van der Waals surface area contributed by atoms with Crippen molar-refractivity contribution >= 4 is 23.5 Å². The molecule has 9 nitrogen and oxygen atoms in total. The van der Waals surface area contributed by atoms with Gasteiger partial charge in [0.25, 0.3) is 0 Å². The van der Waals surface area contributed by atoms with E-state index in [9.17, 15) is 19.5 Å². The molecule has 1 aromatic rings. The number of fused-ring (bicyclic) bond motifs is 1. The SMILES string of the molecule is CCOC(=O)[C@@H]1[C@@H]2CCC3(O2)C(C(=O)Nc2ccc(OC)cc2)N([C@@H](CC)CO)C(=O)[C@H]13. The number of amides is 2. The van der Waals surface area contributed by atoms with E-state index in [1.807, 2.05) is 6.92 Å². The topological polar surface area (TPSA) is 114 Å². The number of carbonyl (C=O) groups excluding carboxylic acids is 3. The first-order valence-electron chi connectivity index (χ1n) is 11.1. The van der Waals surface area contributed by atoms with Crippen molar-refractivity contribution in [1.29, 1.82) is 0 Å². The molecule has 3 aliphatic heterocycles. The van der Waals surface area contributed by atoms with Crippen LogP contribution in [0.3, 0.4) is 0 Å². The van der Waals surface area contributed by atoms with Crippen LogP contribution in [0.2, 0.25) is 0 Å². The van der Waals surface area contributed by atoms with E-state index in [-0.39, 0.29) is 19.1 Å². The molecule has 0 radical (unpaired) electrons. The quantitative estimate of drug-likeness (QED) is 0.579. The molecular formula is C23H30N2O7. The van der Waals surface area contributed by atoms with Gasteiger partial charge in [0, 0.05) is 5.69 Å². The van der Waals surface area contributed by atoms with Crippen LogP contribution >= 0.6 is 0 Å². The molecule has 0 aromatic heterocycles. The molecule has 3 saturated heterocycles. The van der Waals surface area contributed by atoms with Gasteiger partial charge in [0.05, 0.1) is 44.3 Å². The maximum Gasteiger partial charge on any atom is 0.312 e. The summed E-state index contributed by atoms with van der Waals surface area (Å²) in [6, 6.07) is 5.37. The fourth-order valence-corrected chi connectivity index (χ4v) is 5.59. The molecule has 1 spiro atoms. The number of anilines is 1. The van der Waals surface area contributed by atoms with E-state index in [2.05, 4.69) is 5.32 Å². The summed E-state index contributed by atoms with van der Waals surface area (Å²) in [5, 5.41) is 12.9. The third kappa shape index (κ3) is 3.34. The first-order chi connectivity index (χ1) is 15.4. The van der Waals surface area contributed by atoms with E-state index < -0.39 is 47.5 Å². The Hall–Kier alpha value is -2.65. The van der Waals surface area contributed by atoms with Crippen LogP contribution in [0, 0.1) is 11.8 Å². The molecule has 0 saturated carbocycles. The Kier molecular flexibility index (Phi) is 6.13. The van der Waals surface area contributed by atoms with Crippen LogP contribution in [0.1, 0.15) is 33.1 Å². The molecule has 174 valence electrons. The molecule has 9 heteroatoms. The van der Waals surface area contributed by atoms with Gasteiger partial charge in [-0.15, -0.1) is 0 Å². The lowest BCUT2D eigenvalue weighted by atomic mass is 9.70.